The van der Waals surface area contributed by atoms with Gasteiger partial charge in [-0.25, -0.2) is 0 Å². The molecule has 0 unspecified atom stereocenters. The van der Waals surface area contributed by atoms with Crippen LogP contribution in [0.1, 0.15) is 32.1 Å². The minimum absolute atomic E-state index is 0.821. The third-order valence-corrected chi connectivity index (χ3v) is 4.98. The first-order valence-electron chi connectivity index (χ1n) is 4.19. The van der Waals surface area contributed by atoms with E-state index in [0.29, 0.717) is 0 Å². The van der Waals surface area contributed by atoms with Crippen LogP contribution in [0.5, 0.6) is 0 Å². The van der Waals surface area contributed by atoms with E-state index >= 15 is 0 Å². The zero-order chi connectivity index (χ0) is 9.45. The van der Waals surface area contributed by atoms with Gasteiger partial charge in [0.1, 0.15) is 0 Å². The van der Waals surface area contributed by atoms with Crippen molar-refractivity contribution in [2.24, 2.45) is 0 Å². The van der Waals surface area contributed by atoms with Gasteiger partial charge in [-0.15, -0.1) is 33.2 Å². The summed E-state index contributed by atoms with van der Waals surface area (Å²) in [6.07, 6.45) is 6.25. The fourth-order valence-electron chi connectivity index (χ4n) is 0.950. The summed E-state index contributed by atoms with van der Waals surface area (Å²) in [5.74, 6) is 0. The van der Waals surface area contributed by atoms with Crippen LogP contribution in [-0.2, 0) is 0 Å². The molecule has 0 aromatic heterocycles. The molecule has 0 spiro atoms. The Morgan fingerprint density at radius 3 is 1.83 bits per heavy atom. The summed E-state index contributed by atoms with van der Waals surface area (Å²) in [6.45, 7) is 0. The second-order valence-electron chi connectivity index (χ2n) is 2.82. The molecular weight excluding hydrogens is 345 g/mol. The number of hydrogen-bond acceptors (Lipinski definition) is 0. The molecule has 0 bridgehead atoms. The molecule has 12 heavy (non-hydrogen) atoms. The van der Waals surface area contributed by atoms with Crippen LogP contribution in [0.15, 0.2) is 0 Å². The maximum absolute atomic E-state index is 5.74. The molecule has 0 atom stereocenters. The molecule has 0 radical (unpaired) electrons. The van der Waals surface area contributed by atoms with E-state index < -0.39 is 6.00 Å². The minimum atomic E-state index is -2.31. The zero-order valence-electron chi connectivity index (χ0n) is 6.96. The van der Waals surface area contributed by atoms with Gasteiger partial charge in [0.25, 0.3) is 0 Å². The van der Waals surface area contributed by atoms with E-state index in [1.165, 1.54) is 30.1 Å². The molecule has 0 nitrogen and oxygen atoms in total. The highest BCUT2D eigenvalue weighted by molar-refractivity contribution is 14.1. The van der Waals surface area contributed by atoms with Crippen LogP contribution >= 0.6 is 55.8 Å². The summed E-state index contributed by atoms with van der Waals surface area (Å²) in [5.41, 5.74) is 0. The van der Waals surface area contributed by atoms with E-state index in [2.05, 4.69) is 22.6 Å². The third-order valence-electron chi connectivity index (χ3n) is 1.59. The molecule has 5 heteroatoms. The fraction of sp³-hybridized carbons (Fsp3) is 1.00. The summed E-state index contributed by atoms with van der Waals surface area (Å²) in [6, 6.07) is -1.49. The van der Waals surface area contributed by atoms with Crippen molar-refractivity contribution >= 4 is 61.8 Å². The summed E-state index contributed by atoms with van der Waals surface area (Å²) in [5, 5.41) is 0. The molecular formula is C7H14Cl3ISi. The van der Waals surface area contributed by atoms with E-state index in [9.17, 15) is 0 Å². The van der Waals surface area contributed by atoms with Crippen molar-refractivity contribution < 1.29 is 0 Å². The van der Waals surface area contributed by atoms with Gasteiger partial charge in [-0.3, -0.25) is 0 Å². The highest BCUT2D eigenvalue weighted by Crippen LogP contribution is 2.27. The Bertz CT molecular complexity index is 105. The van der Waals surface area contributed by atoms with E-state index in [1.54, 1.807) is 0 Å². The van der Waals surface area contributed by atoms with E-state index in [1.807, 2.05) is 0 Å². The molecule has 0 heterocycles. The largest absolute Gasteiger partial charge is 0.341 e. The van der Waals surface area contributed by atoms with Crippen LogP contribution in [0, 0.1) is 0 Å². The van der Waals surface area contributed by atoms with Gasteiger partial charge in [-0.2, -0.15) is 0 Å². The van der Waals surface area contributed by atoms with Crippen LogP contribution in [0.2, 0.25) is 6.04 Å². The highest BCUT2D eigenvalue weighted by Gasteiger charge is 2.23. The summed E-state index contributed by atoms with van der Waals surface area (Å²) < 4.78 is 1.26. The SMILES string of the molecule is Cl[Si](Cl)(Cl)CCCCCCCI. The van der Waals surface area contributed by atoms with E-state index in [0.717, 1.165) is 12.5 Å². The van der Waals surface area contributed by atoms with Crippen molar-refractivity contribution in [3.05, 3.63) is 0 Å². The van der Waals surface area contributed by atoms with Crippen molar-refractivity contribution in [1.29, 1.82) is 0 Å². The topological polar surface area (TPSA) is 0 Å². The van der Waals surface area contributed by atoms with Gasteiger partial charge in [-0.05, 0) is 16.9 Å². The predicted octanol–water partition coefficient (Wildman–Crippen LogP) is 5.03. The number of hydrogen-bond donors (Lipinski definition) is 0. The first-order valence-corrected chi connectivity index (χ1v) is 11.0. The molecule has 74 valence electrons. The van der Waals surface area contributed by atoms with Crippen LogP contribution in [0.3, 0.4) is 0 Å². The van der Waals surface area contributed by atoms with Gasteiger partial charge in [-0.1, -0.05) is 48.3 Å². The van der Waals surface area contributed by atoms with Gasteiger partial charge < -0.3 is 0 Å². The van der Waals surface area contributed by atoms with Crippen molar-refractivity contribution in [2.45, 2.75) is 38.1 Å². The first kappa shape index (κ1) is 13.8. The van der Waals surface area contributed by atoms with Crippen LogP contribution in [-0.4, -0.2) is 10.4 Å². The molecule has 0 saturated heterocycles. The maximum Gasteiger partial charge on any atom is 0.341 e. The number of alkyl halides is 1. The Kier molecular flexibility index (Phi) is 9.39. The highest BCUT2D eigenvalue weighted by atomic mass is 127. The molecule has 0 aliphatic heterocycles. The molecule has 0 N–H and O–H groups in total. The van der Waals surface area contributed by atoms with Crippen molar-refractivity contribution in [3.8, 4) is 0 Å². The van der Waals surface area contributed by atoms with Gasteiger partial charge >= 0.3 is 6.00 Å². The summed E-state index contributed by atoms with van der Waals surface area (Å²) in [4.78, 5) is 0. The van der Waals surface area contributed by atoms with Crippen molar-refractivity contribution in [2.75, 3.05) is 4.43 Å². The predicted molar refractivity (Wildman–Crippen MR) is 70.1 cm³/mol. The van der Waals surface area contributed by atoms with E-state index in [-0.39, 0.29) is 0 Å². The molecule has 0 saturated carbocycles. The molecule has 0 aromatic carbocycles. The molecule has 0 aromatic rings. The molecule has 0 aliphatic rings. The van der Waals surface area contributed by atoms with Crippen LogP contribution in [0.4, 0.5) is 0 Å². The van der Waals surface area contributed by atoms with Gasteiger partial charge in [0, 0.05) is 0 Å². The lowest BCUT2D eigenvalue weighted by Crippen LogP contribution is -2.07. The van der Waals surface area contributed by atoms with Gasteiger partial charge in [0.05, 0.1) is 0 Å². The lowest BCUT2D eigenvalue weighted by molar-refractivity contribution is 0.661. The van der Waals surface area contributed by atoms with E-state index in [4.69, 9.17) is 33.2 Å². The summed E-state index contributed by atoms with van der Waals surface area (Å²) >= 11 is 19.6. The number of halogens is 4. The second kappa shape index (κ2) is 8.15. The first-order chi connectivity index (χ1) is 5.56. The Balaban J connectivity index is 3.01. The smallest absolute Gasteiger partial charge is 0.126 e. The molecule has 0 aliphatic carbocycles. The zero-order valence-corrected chi connectivity index (χ0v) is 12.4. The summed E-state index contributed by atoms with van der Waals surface area (Å²) in [7, 11) is 0. The Morgan fingerprint density at radius 2 is 1.33 bits per heavy atom. The molecule has 0 rings (SSSR count). The average Bonchev–Trinajstić information content (AvgIpc) is 1.94. The van der Waals surface area contributed by atoms with Crippen LogP contribution < -0.4 is 0 Å². The number of rotatable bonds is 7. The Labute approximate surface area is 104 Å². The lowest BCUT2D eigenvalue weighted by Gasteiger charge is -2.06. The Hall–Kier alpha value is 1.82. The average molecular weight is 360 g/mol. The standard InChI is InChI=1S/C7H14Cl3ISi/c8-12(9,10)7-5-3-1-2-4-6-11/h1-7H2. The molecule has 0 amide bonds. The monoisotopic (exact) mass is 358 g/mol. The van der Waals surface area contributed by atoms with Gasteiger partial charge in [0.15, 0.2) is 0 Å². The third kappa shape index (κ3) is 11.8. The lowest BCUT2D eigenvalue weighted by atomic mass is 10.2. The quantitative estimate of drug-likeness (QED) is 0.197. The van der Waals surface area contributed by atoms with Crippen molar-refractivity contribution in [1.82, 2.24) is 0 Å². The Morgan fingerprint density at radius 1 is 0.833 bits per heavy atom. The molecule has 0 fully saturated rings. The minimum Gasteiger partial charge on any atom is -0.126 e. The van der Waals surface area contributed by atoms with Gasteiger partial charge in [0.2, 0.25) is 0 Å². The van der Waals surface area contributed by atoms with Crippen molar-refractivity contribution in [3.63, 3.8) is 0 Å². The number of unbranched alkanes of at least 4 members (excludes halogenated alkanes) is 4. The van der Waals surface area contributed by atoms with Crippen LogP contribution in [0.25, 0.3) is 0 Å². The fourth-order valence-corrected chi connectivity index (χ4v) is 3.34. The maximum atomic E-state index is 5.74. The second-order valence-corrected chi connectivity index (χ2v) is 13.2. The normalized spacial score (nSPS) is 12.0.